The summed E-state index contributed by atoms with van der Waals surface area (Å²) >= 11 is 0. The molecule has 0 fully saturated rings. The van der Waals surface area contributed by atoms with Crippen molar-refractivity contribution >= 4 is 32.3 Å². The summed E-state index contributed by atoms with van der Waals surface area (Å²) in [5.74, 6) is 1.04. The summed E-state index contributed by atoms with van der Waals surface area (Å²) in [5.41, 5.74) is 10.5. The Kier molecular flexibility index (Phi) is 7.13. The molecule has 0 aliphatic carbocycles. The molecule has 1 aromatic heterocycles. The van der Waals surface area contributed by atoms with Crippen LogP contribution in [0, 0.1) is 0 Å². The third-order valence-electron chi connectivity index (χ3n) is 9.74. The van der Waals surface area contributed by atoms with E-state index in [1.54, 1.807) is 0 Å². The second-order valence-corrected chi connectivity index (χ2v) is 12.6. The predicted octanol–water partition coefficient (Wildman–Crippen LogP) is 12.6. The van der Waals surface area contributed by atoms with Gasteiger partial charge in [0.25, 0.3) is 0 Å². The Hall–Kier alpha value is -6.25. The highest BCUT2D eigenvalue weighted by Gasteiger charge is 2.21. The Labute approximate surface area is 286 Å². The van der Waals surface area contributed by atoms with E-state index in [9.17, 15) is 0 Å². The number of aromatic nitrogens is 2. The maximum absolute atomic E-state index is 5.23. The molecule has 0 saturated carbocycles. The Morgan fingerprint density at radius 1 is 0.429 bits per heavy atom. The fourth-order valence-corrected chi connectivity index (χ4v) is 7.51. The fraction of sp³-hybridized carbons (Fsp3) is 0.0426. The lowest BCUT2D eigenvalue weighted by Crippen LogP contribution is -2.02. The molecule has 2 nitrogen and oxygen atoms in total. The van der Waals surface area contributed by atoms with E-state index in [-0.39, 0.29) is 0 Å². The van der Waals surface area contributed by atoms with Gasteiger partial charge in [0.1, 0.15) is 5.82 Å². The lowest BCUT2D eigenvalue weighted by Gasteiger charge is -2.19. The van der Waals surface area contributed by atoms with E-state index in [4.69, 9.17) is 4.98 Å². The van der Waals surface area contributed by atoms with Crippen LogP contribution in [-0.4, -0.2) is 9.55 Å². The molecule has 0 N–H and O–H groups in total. The quantitative estimate of drug-likeness (QED) is 0.168. The van der Waals surface area contributed by atoms with Crippen LogP contribution in [0.1, 0.15) is 12.7 Å². The fourth-order valence-electron chi connectivity index (χ4n) is 7.51. The van der Waals surface area contributed by atoms with Crippen LogP contribution in [0.15, 0.2) is 176 Å². The second-order valence-electron chi connectivity index (χ2n) is 12.6. The lowest BCUT2D eigenvalue weighted by molar-refractivity contribution is 0.895. The van der Waals surface area contributed by atoms with Gasteiger partial charge in [-0.05, 0) is 72.8 Å². The van der Waals surface area contributed by atoms with Gasteiger partial charge in [0.15, 0.2) is 0 Å². The normalized spacial score (nSPS) is 11.4. The third-order valence-corrected chi connectivity index (χ3v) is 9.74. The van der Waals surface area contributed by atoms with E-state index in [0.29, 0.717) is 0 Å². The standard InChI is InChI=1S/C47H34N2/c1-2-43-48-46(34-16-5-3-6-17-34)47(35-18-7-4-8-19-35)49(43)38-29-27-33(28-30-38)44-39-21-11-13-23-41(39)45(42-24-14-12-22-40(42)44)37-26-25-32-15-9-10-20-36(32)31-37/h3-31H,2H2,1H3. The molecule has 0 spiro atoms. The largest absolute Gasteiger partial charge is 0.296 e. The smallest absolute Gasteiger partial charge is 0.114 e. The van der Waals surface area contributed by atoms with Gasteiger partial charge >= 0.3 is 0 Å². The minimum absolute atomic E-state index is 0.819. The van der Waals surface area contributed by atoms with Crippen LogP contribution in [0.25, 0.3) is 82.8 Å². The summed E-state index contributed by atoms with van der Waals surface area (Å²) < 4.78 is 2.35. The molecular weight excluding hydrogens is 593 g/mol. The number of nitrogens with zero attached hydrogens (tertiary/aromatic N) is 2. The van der Waals surface area contributed by atoms with Crippen molar-refractivity contribution in [3.63, 3.8) is 0 Å². The Bertz CT molecular complexity index is 2560. The molecule has 0 saturated heterocycles. The summed E-state index contributed by atoms with van der Waals surface area (Å²) in [6, 6.07) is 63.5. The summed E-state index contributed by atoms with van der Waals surface area (Å²) in [5, 5.41) is 7.54. The number of benzene rings is 8. The van der Waals surface area contributed by atoms with Gasteiger partial charge in [-0.25, -0.2) is 4.98 Å². The monoisotopic (exact) mass is 626 g/mol. The van der Waals surface area contributed by atoms with Crippen LogP contribution in [0.2, 0.25) is 0 Å². The minimum atomic E-state index is 0.819. The molecule has 8 aromatic carbocycles. The highest BCUT2D eigenvalue weighted by molar-refractivity contribution is 6.21. The van der Waals surface area contributed by atoms with Crippen LogP contribution in [0.4, 0.5) is 0 Å². The molecule has 0 aliphatic heterocycles. The molecule has 9 rings (SSSR count). The molecule has 9 aromatic rings. The van der Waals surface area contributed by atoms with Crippen molar-refractivity contribution in [2.24, 2.45) is 0 Å². The van der Waals surface area contributed by atoms with Gasteiger partial charge < -0.3 is 0 Å². The van der Waals surface area contributed by atoms with Crippen LogP contribution >= 0.6 is 0 Å². The topological polar surface area (TPSA) is 17.8 Å². The lowest BCUT2D eigenvalue weighted by atomic mass is 9.85. The highest BCUT2D eigenvalue weighted by atomic mass is 15.1. The first-order valence-electron chi connectivity index (χ1n) is 17.0. The summed E-state index contributed by atoms with van der Waals surface area (Å²) in [7, 11) is 0. The molecular formula is C47H34N2. The van der Waals surface area contributed by atoms with Gasteiger partial charge in [0.05, 0.1) is 11.4 Å². The first-order valence-corrected chi connectivity index (χ1v) is 17.0. The molecule has 0 atom stereocenters. The van der Waals surface area contributed by atoms with E-state index < -0.39 is 0 Å². The number of fused-ring (bicyclic) bond motifs is 3. The maximum Gasteiger partial charge on any atom is 0.114 e. The minimum Gasteiger partial charge on any atom is -0.296 e. The van der Waals surface area contributed by atoms with Gasteiger partial charge in [-0.2, -0.15) is 0 Å². The zero-order valence-electron chi connectivity index (χ0n) is 27.3. The van der Waals surface area contributed by atoms with Crippen molar-refractivity contribution < 1.29 is 0 Å². The molecule has 0 radical (unpaired) electrons. The SMILES string of the molecule is CCc1nc(-c2ccccc2)c(-c2ccccc2)n1-c1ccc(-c2c3ccccc3c(-c3ccc4ccccc4c3)c3ccccc23)cc1. The summed E-state index contributed by atoms with van der Waals surface area (Å²) in [6.07, 6.45) is 0.819. The predicted molar refractivity (Wildman–Crippen MR) is 207 cm³/mol. The van der Waals surface area contributed by atoms with Crippen molar-refractivity contribution in [1.82, 2.24) is 9.55 Å². The van der Waals surface area contributed by atoms with Crippen LogP contribution in [0.5, 0.6) is 0 Å². The van der Waals surface area contributed by atoms with Crippen LogP contribution in [0.3, 0.4) is 0 Å². The number of imidazole rings is 1. The van der Waals surface area contributed by atoms with E-state index in [1.807, 2.05) is 0 Å². The van der Waals surface area contributed by atoms with Gasteiger partial charge in [0.2, 0.25) is 0 Å². The molecule has 2 heteroatoms. The van der Waals surface area contributed by atoms with Crippen molar-refractivity contribution in [3.8, 4) is 50.5 Å². The van der Waals surface area contributed by atoms with E-state index in [0.717, 1.165) is 40.4 Å². The Balaban J connectivity index is 1.24. The number of rotatable bonds is 6. The van der Waals surface area contributed by atoms with E-state index >= 15 is 0 Å². The van der Waals surface area contributed by atoms with Crippen molar-refractivity contribution in [2.45, 2.75) is 13.3 Å². The zero-order valence-corrected chi connectivity index (χ0v) is 27.3. The van der Waals surface area contributed by atoms with E-state index in [1.165, 1.54) is 54.6 Å². The first kappa shape index (κ1) is 28.9. The van der Waals surface area contributed by atoms with Crippen LogP contribution in [-0.2, 0) is 6.42 Å². The van der Waals surface area contributed by atoms with Gasteiger partial charge in [-0.15, -0.1) is 0 Å². The number of hydrogen-bond acceptors (Lipinski definition) is 1. The molecule has 0 amide bonds. The Morgan fingerprint density at radius 2 is 0.918 bits per heavy atom. The molecule has 49 heavy (non-hydrogen) atoms. The first-order chi connectivity index (χ1) is 24.3. The molecule has 232 valence electrons. The molecule has 0 aliphatic rings. The number of hydrogen-bond donors (Lipinski definition) is 0. The van der Waals surface area contributed by atoms with Crippen molar-refractivity contribution in [1.29, 1.82) is 0 Å². The van der Waals surface area contributed by atoms with Gasteiger partial charge in [0, 0.05) is 23.2 Å². The van der Waals surface area contributed by atoms with Gasteiger partial charge in [-0.1, -0.05) is 165 Å². The van der Waals surface area contributed by atoms with E-state index in [2.05, 4.69) is 187 Å². The highest BCUT2D eigenvalue weighted by Crippen LogP contribution is 2.44. The van der Waals surface area contributed by atoms with Crippen molar-refractivity contribution in [2.75, 3.05) is 0 Å². The van der Waals surface area contributed by atoms with Gasteiger partial charge in [-0.3, -0.25) is 4.57 Å². The summed E-state index contributed by atoms with van der Waals surface area (Å²) in [4.78, 5) is 5.23. The zero-order chi connectivity index (χ0) is 32.7. The number of aryl methyl sites for hydroxylation is 1. The third kappa shape index (κ3) is 4.92. The van der Waals surface area contributed by atoms with Crippen LogP contribution < -0.4 is 0 Å². The summed E-state index contributed by atoms with van der Waals surface area (Å²) in [6.45, 7) is 2.19. The average molecular weight is 627 g/mol. The molecule has 0 bridgehead atoms. The molecule has 0 unspecified atom stereocenters. The van der Waals surface area contributed by atoms with Crippen molar-refractivity contribution in [3.05, 3.63) is 182 Å². The molecule has 1 heterocycles. The maximum atomic E-state index is 5.23. The average Bonchev–Trinajstić information content (AvgIpc) is 3.57. The Morgan fingerprint density at radius 3 is 1.51 bits per heavy atom. The second kappa shape index (κ2) is 12.1.